The molecule has 3 heterocycles. The Morgan fingerprint density at radius 2 is 1.93 bits per heavy atom. The quantitative estimate of drug-likeness (QED) is 0.762. The molecule has 0 saturated carbocycles. The van der Waals surface area contributed by atoms with E-state index in [1.54, 1.807) is 12.1 Å². The summed E-state index contributed by atoms with van der Waals surface area (Å²) in [5.41, 5.74) is 5.17. The first kappa shape index (κ1) is 20.3. The molecule has 0 radical (unpaired) electrons. The third-order valence-corrected chi connectivity index (χ3v) is 6.19. The van der Waals surface area contributed by atoms with Gasteiger partial charge in [0.15, 0.2) is 0 Å². The maximum absolute atomic E-state index is 13.7. The van der Waals surface area contributed by atoms with E-state index in [0.29, 0.717) is 23.2 Å². The number of benzene rings is 1. The molecule has 0 atom stereocenters. The molecule has 1 fully saturated rings. The van der Waals surface area contributed by atoms with Crippen LogP contribution in [0.4, 0.5) is 10.1 Å². The Bertz CT molecular complexity index is 1030. The average molecular weight is 410 g/mol. The van der Waals surface area contributed by atoms with Gasteiger partial charge in [-0.25, -0.2) is 4.39 Å². The maximum atomic E-state index is 13.7. The fourth-order valence-electron chi connectivity index (χ4n) is 4.25. The van der Waals surface area contributed by atoms with E-state index in [0.717, 1.165) is 55.2 Å². The van der Waals surface area contributed by atoms with Gasteiger partial charge in [-0.2, -0.15) is 0 Å². The van der Waals surface area contributed by atoms with Gasteiger partial charge in [-0.3, -0.25) is 9.59 Å². The minimum absolute atomic E-state index is 0.126. The minimum Gasteiger partial charge on any atom is -0.359 e. The molecular formula is C23H27FN4O2. The molecule has 0 unspecified atom stereocenters. The van der Waals surface area contributed by atoms with Crippen molar-refractivity contribution in [2.24, 2.45) is 0 Å². The summed E-state index contributed by atoms with van der Waals surface area (Å²) in [6, 6.07) is 4.26. The summed E-state index contributed by atoms with van der Waals surface area (Å²) in [7, 11) is 0. The van der Waals surface area contributed by atoms with Gasteiger partial charge in [0.1, 0.15) is 5.82 Å². The maximum Gasteiger partial charge on any atom is 0.256 e. The number of hydrogen-bond donors (Lipinski definition) is 2. The molecule has 30 heavy (non-hydrogen) atoms. The zero-order valence-electron chi connectivity index (χ0n) is 17.6. The zero-order chi connectivity index (χ0) is 21.4. The van der Waals surface area contributed by atoms with Gasteiger partial charge in [-0.15, -0.1) is 0 Å². The first-order chi connectivity index (χ1) is 14.4. The van der Waals surface area contributed by atoms with Crippen molar-refractivity contribution in [3.8, 4) is 0 Å². The van der Waals surface area contributed by atoms with Crippen LogP contribution in [0.2, 0.25) is 0 Å². The number of rotatable bonds is 4. The van der Waals surface area contributed by atoms with Crippen LogP contribution in [-0.4, -0.2) is 59.3 Å². The highest BCUT2D eigenvalue weighted by molar-refractivity contribution is 6.34. The highest BCUT2D eigenvalue weighted by atomic mass is 19.1. The van der Waals surface area contributed by atoms with E-state index in [-0.39, 0.29) is 17.6 Å². The number of aromatic amines is 1. The number of piperazine rings is 1. The number of carbonyl (C=O) groups excluding carboxylic acids is 2. The summed E-state index contributed by atoms with van der Waals surface area (Å²) in [4.78, 5) is 32.8. The summed E-state index contributed by atoms with van der Waals surface area (Å²) in [5.74, 6) is -0.514. The van der Waals surface area contributed by atoms with E-state index in [4.69, 9.17) is 0 Å². The van der Waals surface area contributed by atoms with E-state index in [9.17, 15) is 14.0 Å². The van der Waals surface area contributed by atoms with Crippen molar-refractivity contribution in [2.75, 3.05) is 38.0 Å². The van der Waals surface area contributed by atoms with Crippen molar-refractivity contribution >= 4 is 29.2 Å². The molecule has 0 bridgehead atoms. The second-order valence-corrected chi connectivity index (χ2v) is 7.96. The van der Waals surface area contributed by atoms with E-state index in [2.05, 4.69) is 22.1 Å². The number of anilines is 1. The molecule has 2 N–H and O–H groups in total. The molecule has 0 spiro atoms. The highest BCUT2D eigenvalue weighted by Crippen LogP contribution is 2.34. The third kappa shape index (κ3) is 3.77. The number of likely N-dealkylation sites (N-methyl/N-ethyl adjacent to an activating group) is 1. The molecule has 2 aliphatic rings. The first-order valence-electron chi connectivity index (χ1n) is 10.4. The van der Waals surface area contributed by atoms with Crippen molar-refractivity contribution < 1.29 is 14.0 Å². The van der Waals surface area contributed by atoms with Crippen LogP contribution in [-0.2, 0) is 16.0 Å². The first-order valence-corrected chi connectivity index (χ1v) is 10.4. The Kier molecular flexibility index (Phi) is 5.47. The molecule has 1 aromatic carbocycles. The lowest BCUT2D eigenvalue weighted by Gasteiger charge is -2.34. The fourth-order valence-corrected chi connectivity index (χ4v) is 4.25. The van der Waals surface area contributed by atoms with E-state index in [1.807, 2.05) is 18.7 Å². The average Bonchev–Trinajstić information content (AvgIpc) is 3.18. The number of fused-ring (bicyclic) bond motifs is 1. The van der Waals surface area contributed by atoms with Gasteiger partial charge in [0.05, 0.1) is 12.0 Å². The molecule has 7 heteroatoms. The summed E-state index contributed by atoms with van der Waals surface area (Å²) < 4.78 is 13.7. The van der Waals surface area contributed by atoms with Crippen molar-refractivity contribution in [1.82, 2.24) is 14.8 Å². The predicted molar refractivity (Wildman–Crippen MR) is 116 cm³/mol. The van der Waals surface area contributed by atoms with E-state index >= 15 is 0 Å². The van der Waals surface area contributed by atoms with Crippen molar-refractivity contribution in [2.45, 2.75) is 27.2 Å². The van der Waals surface area contributed by atoms with Crippen LogP contribution >= 0.6 is 0 Å². The summed E-state index contributed by atoms with van der Waals surface area (Å²) >= 11 is 0. The number of nitrogens with zero attached hydrogens (tertiary/aromatic N) is 2. The number of H-pyrrole nitrogens is 1. The number of halogens is 1. The third-order valence-electron chi connectivity index (χ3n) is 6.19. The zero-order valence-corrected chi connectivity index (χ0v) is 17.6. The van der Waals surface area contributed by atoms with Crippen LogP contribution in [0, 0.1) is 19.7 Å². The molecule has 1 saturated heterocycles. The molecule has 0 aliphatic carbocycles. The molecule has 2 aromatic rings. The van der Waals surface area contributed by atoms with Crippen LogP contribution in [0.1, 0.15) is 35.0 Å². The summed E-state index contributed by atoms with van der Waals surface area (Å²) in [6.45, 7) is 10.4. The largest absolute Gasteiger partial charge is 0.359 e. The van der Waals surface area contributed by atoms with Crippen LogP contribution in [0.5, 0.6) is 0 Å². The predicted octanol–water partition coefficient (Wildman–Crippen LogP) is 2.97. The number of hydrogen-bond acceptors (Lipinski definition) is 3. The molecule has 2 aliphatic heterocycles. The smallest absolute Gasteiger partial charge is 0.256 e. The Balaban J connectivity index is 1.56. The summed E-state index contributed by atoms with van der Waals surface area (Å²) in [5, 5.41) is 2.77. The Labute approximate surface area is 175 Å². The van der Waals surface area contributed by atoms with Gasteiger partial charge in [0, 0.05) is 48.8 Å². The summed E-state index contributed by atoms with van der Waals surface area (Å²) in [6.07, 6.45) is 2.08. The van der Waals surface area contributed by atoms with Gasteiger partial charge in [0.25, 0.3) is 5.91 Å². The number of amides is 2. The SMILES string of the molecule is CCN1CCN(C(=O)Cc2c(C)[nH]c(/C=C3\C(=O)Nc4ccc(F)cc43)c2C)CC1. The molecule has 4 rings (SSSR count). The second-order valence-electron chi connectivity index (χ2n) is 7.96. The molecule has 6 nitrogen and oxygen atoms in total. The van der Waals surface area contributed by atoms with Gasteiger partial charge in [0.2, 0.25) is 5.91 Å². The van der Waals surface area contributed by atoms with E-state index < -0.39 is 0 Å². The molecule has 1 aromatic heterocycles. The number of aromatic nitrogens is 1. The lowest BCUT2D eigenvalue weighted by molar-refractivity contribution is -0.132. The highest BCUT2D eigenvalue weighted by Gasteiger charge is 2.26. The minimum atomic E-state index is -0.384. The lowest BCUT2D eigenvalue weighted by atomic mass is 10.0. The molecular weight excluding hydrogens is 383 g/mol. The second kappa shape index (κ2) is 8.07. The van der Waals surface area contributed by atoms with Crippen LogP contribution in [0.15, 0.2) is 18.2 Å². The molecule has 2 amide bonds. The van der Waals surface area contributed by atoms with Crippen LogP contribution in [0.3, 0.4) is 0 Å². The topological polar surface area (TPSA) is 68.4 Å². The van der Waals surface area contributed by atoms with Gasteiger partial charge < -0.3 is 20.1 Å². The van der Waals surface area contributed by atoms with Crippen molar-refractivity contribution in [3.05, 3.63) is 52.1 Å². The van der Waals surface area contributed by atoms with Crippen molar-refractivity contribution in [1.29, 1.82) is 0 Å². The standard InChI is InChI=1S/C23H27FN4O2/c1-4-27-7-9-28(10-8-27)22(29)13-17-14(2)21(25-15(17)3)12-19-18-11-16(24)5-6-20(18)26-23(19)30/h5-6,11-12,25H,4,7-10,13H2,1-3H3,(H,26,30)/b19-12-. The van der Waals surface area contributed by atoms with Crippen LogP contribution in [0.25, 0.3) is 11.6 Å². The lowest BCUT2D eigenvalue weighted by Crippen LogP contribution is -2.48. The van der Waals surface area contributed by atoms with Gasteiger partial charge >= 0.3 is 0 Å². The Morgan fingerprint density at radius 3 is 2.63 bits per heavy atom. The normalized spacial score (nSPS) is 18.1. The van der Waals surface area contributed by atoms with Crippen LogP contribution < -0.4 is 5.32 Å². The van der Waals surface area contributed by atoms with Gasteiger partial charge in [-0.05, 0) is 55.8 Å². The number of aryl methyl sites for hydroxylation is 1. The van der Waals surface area contributed by atoms with Crippen molar-refractivity contribution in [3.63, 3.8) is 0 Å². The molecule has 158 valence electrons. The Morgan fingerprint density at radius 1 is 1.20 bits per heavy atom. The number of nitrogens with one attached hydrogen (secondary N) is 2. The number of carbonyl (C=O) groups is 2. The van der Waals surface area contributed by atoms with E-state index in [1.165, 1.54) is 12.1 Å². The monoisotopic (exact) mass is 410 g/mol. The Hall–Kier alpha value is -2.93. The fraction of sp³-hybridized carbons (Fsp3) is 0.391. The van der Waals surface area contributed by atoms with Gasteiger partial charge in [-0.1, -0.05) is 6.92 Å².